The fraction of sp³-hybridized carbons (Fsp3) is 0. The van der Waals surface area contributed by atoms with E-state index < -0.39 is 5.91 Å². The molecule has 3 rings (SSSR count). The third kappa shape index (κ3) is 2.53. The molecule has 0 unspecified atom stereocenters. The molecular formula is C10H4Cl2N4O3S. The lowest BCUT2D eigenvalue weighted by Crippen LogP contribution is -2.11. The zero-order valence-corrected chi connectivity index (χ0v) is 11.8. The van der Waals surface area contributed by atoms with Crippen molar-refractivity contribution in [3.8, 4) is 11.5 Å². The van der Waals surface area contributed by atoms with Gasteiger partial charge >= 0.3 is 6.01 Å². The van der Waals surface area contributed by atoms with E-state index in [0.717, 1.165) is 0 Å². The monoisotopic (exact) mass is 330 g/mol. The van der Waals surface area contributed by atoms with Crippen LogP contribution >= 0.6 is 34.5 Å². The Morgan fingerprint density at radius 2 is 2.20 bits per heavy atom. The number of nitrogens with one attached hydrogen (secondary N) is 1. The number of anilines is 1. The van der Waals surface area contributed by atoms with Crippen LogP contribution in [0.25, 0.3) is 11.5 Å². The van der Waals surface area contributed by atoms with Gasteiger partial charge in [-0.3, -0.25) is 10.1 Å². The topological polar surface area (TPSA) is 94.1 Å². The van der Waals surface area contributed by atoms with Crippen molar-refractivity contribution in [2.45, 2.75) is 0 Å². The lowest BCUT2D eigenvalue weighted by Gasteiger charge is -1.94. The zero-order valence-electron chi connectivity index (χ0n) is 9.46. The number of aromatic nitrogens is 3. The molecule has 0 saturated carbocycles. The van der Waals surface area contributed by atoms with Crippen LogP contribution in [0.2, 0.25) is 8.67 Å². The fourth-order valence-electron chi connectivity index (χ4n) is 1.36. The molecule has 0 aliphatic heterocycles. The minimum atomic E-state index is -0.549. The van der Waals surface area contributed by atoms with Gasteiger partial charge < -0.3 is 8.94 Å². The molecule has 1 amide bonds. The van der Waals surface area contributed by atoms with Crippen molar-refractivity contribution in [3.05, 3.63) is 32.8 Å². The van der Waals surface area contributed by atoms with Crippen LogP contribution in [-0.4, -0.2) is 21.3 Å². The summed E-state index contributed by atoms with van der Waals surface area (Å²) in [6, 6.07) is 2.92. The van der Waals surface area contributed by atoms with E-state index >= 15 is 0 Å². The largest absolute Gasteiger partial charge is 0.403 e. The third-order valence-electron chi connectivity index (χ3n) is 2.19. The minimum Gasteiger partial charge on any atom is -0.403 e. The number of carbonyl (C=O) groups excluding carboxylic acids is 1. The average Bonchev–Trinajstić information content (AvgIpc) is 3.10. The van der Waals surface area contributed by atoms with Gasteiger partial charge in [0, 0.05) is 6.07 Å². The predicted octanol–water partition coefficient (Wildman–Crippen LogP) is 3.35. The zero-order chi connectivity index (χ0) is 14.1. The highest BCUT2D eigenvalue weighted by atomic mass is 35.5. The smallest absolute Gasteiger partial charge is 0.322 e. The summed E-state index contributed by atoms with van der Waals surface area (Å²) in [5.74, 6) is -0.362. The maximum absolute atomic E-state index is 11.7. The van der Waals surface area contributed by atoms with Crippen molar-refractivity contribution < 1.29 is 13.7 Å². The van der Waals surface area contributed by atoms with Crippen LogP contribution in [0.1, 0.15) is 10.6 Å². The lowest BCUT2D eigenvalue weighted by atomic mass is 10.3. The van der Waals surface area contributed by atoms with Crippen molar-refractivity contribution in [3.63, 3.8) is 0 Å². The molecule has 0 bridgehead atoms. The van der Waals surface area contributed by atoms with Gasteiger partial charge in [0.15, 0.2) is 0 Å². The van der Waals surface area contributed by atoms with Crippen LogP contribution in [0.3, 0.4) is 0 Å². The Morgan fingerprint density at radius 1 is 1.35 bits per heavy atom. The number of halogens is 2. The standard InChI is InChI=1S/C10H4Cl2N4O3S/c11-6-3-4(7(12)20-6)9-15-16-10(18-9)14-8(17)5-1-2-13-19-5/h1-3H,(H,14,16,17). The molecule has 20 heavy (non-hydrogen) atoms. The first-order valence-corrected chi connectivity index (χ1v) is 6.71. The van der Waals surface area contributed by atoms with Crippen LogP contribution in [0.4, 0.5) is 6.01 Å². The van der Waals surface area contributed by atoms with E-state index in [1.807, 2.05) is 0 Å². The predicted molar refractivity (Wildman–Crippen MR) is 72.1 cm³/mol. The molecule has 0 fully saturated rings. The quantitative estimate of drug-likeness (QED) is 0.791. The molecule has 0 radical (unpaired) electrons. The van der Waals surface area contributed by atoms with Crippen LogP contribution in [0.5, 0.6) is 0 Å². The van der Waals surface area contributed by atoms with Gasteiger partial charge in [0.25, 0.3) is 11.8 Å². The second kappa shape index (κ2) is 5.23. The summed E-state index contributed by atoms with van der Waals surface area (Å²) in [5, 5.41) is 13.3. The summed E-state index contributed by atoms with van der Waals surface area (Å²) >= 11 is 13.0. The third-order valence-corrected chi connectivity index (χ3v) is 3.68. The second-order valence-corrected chi connectivity index (χ2v) is 5.77. The molecule has 0 atom stereocenters. The minimum absolute atomic E-state index is 0.0290. The molecule has 7 nitrogen and oxygen atoms in total. The van der Waals surface area contributed by atoms with Crippen LogP contribution < -0.4 is 5.32 Å². The summed E-state index contributed by atoms with van der Waals surface area (Å²) in [5.41, 5.74) is 0.509. The Kier molecular flexibility index (Phi) is 3.43. The molecule has 0 aliphatic carbocycles. The van der Waals surface area contributed by atoms with Gasteiger partial charge in [0.05, 0.1) is 16.1 Å². The van der Waals surface area contributed by atoms with Crippen molar-refractivity contribution in [1.29, 1.82) is 0 Å². The molecule has 3 aromatic rings. The number of rotatable bonds is 3. The van der Waals surface area contributed by atoms with E-state index in [2.05, 4.69) is 20.7 Å². The second-order valence-electron chi connectivity index (χ2n) is 3.48. The number of nitrogens with zero attached hydrogens (tertiary/aromatic N) is 3. The summed E-state index contributed by atoms with van der Waals surface area (Å²) in [6.07, 6.45) is 1.35. The Labute approximate surface area is 125 Å². The summed E-state index contributed by atoms with van der Waals surface area (Å²) in [6.45, 7) is 0. The molecule has 10 heteroatoms. The lowest BCUT2D eigenvalue weighted by molar-refractivity contribution is 0.0985. The molecule has 1 N–H and O–H groups in total. The van der Waals surface area contributed by atoms with Crippen molar-refractivity contribution >= 4 is 46.5 Å². The van der Waals surface area contributed by atoms with Gasteiger partial charge in [-0.25, -0.2) is 0 Å². The van der Waals surface area contributed by atoms with E-state index in [-0.39, 0.29) is 17.7 Å². The normalized spacial score (nSPS) is 10.7. The maximum atomic E-state index is 11.7. The number of carbonyl (C=O) groups is 1. The average molecular weight is 331 g/mol. The van der Waals surface area contributed by atoms with Gasteiger partial charge in [-0.2, -0.15) is 0 Å². The van der Waals surface area contributed by atoms with Gasteiger partial charge in [0.1, 0.15) is 4.34 Å². The van der Waals surface area contributed by atoms with E-state index in [9.17, 15) is 4.79 Å². The van der Waals surface area contributed by atoms with E-state index in [4.69, 9.17) is 32.1 Å². The maximum Gasteiger partial charge on any atom is 0.322 e. The van der Waals surface area contributed by atoms with Crippen molar-refractivity contribution in [2.24, 2.45) is 0 Å². The summed E-state index contributed by atoms with van der Waals surface area (Å²) < 4.78 is 10.9. The first-order chi connectivity index (χ1) is 9.63. The Hall–Kier alpha value is -1.90. The molecule has 0 aliphatic rings. The van der Waals surface area contributed by atoms with Crippen LogP contribution in [0.15, 0.2) is 27.3 Å². The van der Waals surface area contributed by atoms with E-state index in [1.54, 1.807) is 6.07 Å². The first-order valence-electron chi connectivity index (χ1n) is 5.14. The Balaban J connectivity index is 1.81. The van der Waals surface area contributed by atoms with Gasteiger partial charge in [-0.05, 0) is 6.07 Å². The fourth-order valence-corrected chi connectivity index (χ4v) is 2.81. The molecule has 0 spiro atoms. The Morgan fingerprint density at radius 3 is 2.85 bits per heavy atom. The number of hydrogen-bond acceptors (Lipinski definition) is 7. The molecule has 0 aromatic carbocycles. The SMILES string of the molecule is O=C(Nc1nnc(-c2cc(Cl)sc2Cl)o1)c1ccno1. The first kappa shape index (κ1) is 13.1. The highest BCUT2D eigenvalue weighted by molar-refractivity contribution is 7.20. The van der Waals surface area contributed by atoms with E-state index in [0.29, 0.717) is 14.2 Å². The Bertz CT molecular complexity index is 752. The van der Waals surface area contributed by atoms with Crippen molar-refractivity contribution in [2.75, 3.05) is 5.32 Å². The highest BCUT2D eigenvalue weighted by Crippen LogP contribution is 2.37. The van der Waals surface area contributed by atoms with Gasteiger partial charge in [-0.15, -0.1) is 16.4 Å². The molecule has 0 saturated heterocycles. The molecule has 102 valence electrons. The summed E-state index contributed by atoms with van der Waals surface area (Å²) in [7, 11) is 0. The molecular weight excluding hydrogens is 327 g/mol. The van der Waals surface area contributed by atoms with Crippen molar-refractivity contribution in [1.82, 2.24) is 15.4 Å². The number of amides is 1. The van der Waals surface area contributed by atoms with Crippen LogP contribution in [0, 0.1) is 0 Å². The number of thiophene rings is 1. The number of hydrogen-bond donors (Lipinski definition) is 1. The summed E-state index contributed by atoms with van der Waals surface area (Å²) in [4.78, 5) is 11.7. The molecule has 3 aromatic heterocycles. The van der Waals surface area contributed by atoms with E-state index in [1.165, 1.54) is 23.6 Å². The van der Waals surface area contributed by atoms with Gasteiger partial charge in [-0.1, -0.05) is 33.5 Å². The van der Waals surface area contributed by atoms with Gasteiger partial charge in [0.2, 0.25) is 5.76 Å². The highest BCUT2D eigenvalue weighted by Gasteiger charge is 2.18. The molecule has 3 heterocycles. The van der Waals surface area contributed by atoms with Crippen LogP contribution in [-0.2, 0) is 0 Å².